The second kappa shape index (κ2) is 6.20. The maximum Gasteiger partial charge on any atom is 0.166 e. The summed E-state index contributed by atoms with van der Waals surface area (Å²) >= 11 is 0. The van der Waals surface area contributed by atoms with Crippen molar-refractivity contribution in [1.29, 1.82) is 0 Å². The lowest BCUT2D eigenvalue weighted by molar-refractivity contribution is 0.414. The van der Waals surface area contributed by atoms with E-state index < -0.39 is 0 Å². The molecule has 4 aromatic rings. The average molecular weight is 332 g/mol. The van der Waals surface area contributed by atoms with Gasteiger partial charge in [0, 0.05) is 6.20 Å². The first-order valence-electron chi connectivity index (χ1n) is 7.77. The molecule has 25 heavy (non-hydrogen) atoms. The fraction of sp³-hybridized carbons (Fsp3) is 0.111. The summed E-state index contributed by atoms with van der Waals surface area (Å²) in [5.74, 6) is 1.88. The number of hydrogen-bond donors (Lipinski definition) is 1. The van der Waals surface area contributed by atoms with Crippen molar-refractivity contribution in [3.8, 4) is 17.3 Å². The van der Waals surface area contributed by atoms with Crippen molar-refractivity contribution >= 4 is 17.0 Å². The Labute approximate surface area is 144 Å². The van der Waals surface area contributed by atoms with Gasteiger partial charge in [-0.2, -0.15) is 0 Å². The van der Waals surface area contributed by atoms with E-state index in [1.807, 2.05) is 47.0 Å². The van der Waals surface area contributed by atoms with Crippen LogP contribution in [0.2, 0.25) is 0 Å². The summed E-state index contributed by atoms with van der Waals surface area (Å²) in [5, 5.41) is 0. The van der Waals surface area contributed by atoms with Crippen molar-refractivity contribution in [1.82, 2.24) is 24.5 Å². The molecule has 3 aromatic heterocycles. The van der Waals surface area contributed by atoms with Gasteiger partial charge in [0.1, 0.15) is 17.8 Å². The number of nitrogen functional groups attached to an aromatic ring is 1. The lowest BCUT2D eigenvalue weighted by Gasteiger charge is -2.09. The molecule has 0 aliphatic heterocycles. The number of aromatic nitrogens is 5. The van der Waals surface area contributed by atoms with Crippen molar-refractivity contribution in [2.75, 3.05) is 12.8 Å². The van der Waals surface area contributed by atoms with E-state index in [-0.39, 0.29) is 0 Å². The van der Waals surface area contributed by atoms with E-state index in [1.54, 1.807) is 13.3 Å². The van der Waals surface area contributed by atoms with Crippen LogP contribution in [0.5, 0.6) is 5.75 Å². The van der Waals surface area contributed by atoms with E-state index in [2.05, 4.69) is 19.9 Å². The van der Waals surface area contributed by atoms with Gasteiger partial charge >= 0.3 is 0 Å². The molecule has 1 aromatic carbocycles. The third kappa shape index (κ3) is 2.76. The molecule has 0 amide bonds. The van der Waals surface area contributed by atoms with Crippen molar-refractivity contribution in [3.63, 3.8) is 0 Å². The van der Waals surface area contributed by atoms with Gasteiger partial charge in [-0.25, -0.2) is 15.0 Å². The van der Waals surface area contributed by atoms with Crippen LogP contribution in [0.25, 0.3) is 22.7 Å². The highest BCUT2D eigenvalue weighted by Gasteiger charge is 2.17. The zero-order valence-corrected chi connectivity index (χ0v) is 13.6. The van der Waals surface area contributed by atoms with Gasteiger partial charge in [-0.15, -0.1) is 0 Å². The maximum atomic E-state index is 5.98. The number of fused-ring (bicyclic) bond motifs is 1. The lowest BCUT2D eigenvalue weighted by Crippen LogP contribution is -2.04. The molecule has 3 heterocycles. The van der Waals surface area contributed by atoms with Crippen LogP contribution in [0, 0.1) is 0 Å². The van der Waals surface area contributed by atoms with Crippen LogP contribution >= 0.6 is 0 Å². The Kier molecular flexibility index (Phi) is 3.74. The quantitative estimate of drug-likeness (QED) is 0.617. The Morgan fingerprint density at radius 3 is 2.60 bits per heavy atom. The summed E-state index contributed by atoms with van der Waals surface area (Å²) in [6, 6.07) is 13.6. The zero-order chi connectivity index (χ0) is 17.2. The molecule has 0 atom stereocenters. The van der Waals surface area contributed by atoms with Gasteiger partial charge in [0.2, 0.25) is 0 Å². The van der Waals surface area contributed by atoms with E-state index in [0.717, 1.165) is 17.0 Å². The number of benzene rings is 1. The smallest absolute Gasteiger partial charge is 0.166 e. The summed E-state index contributed by atoms with van der Waals surface area (Å²) in [6.45, 7) is 0.586. The maximum absolute atomic E-state index is 5.98. The summed E-state index contributed by atoms with van der Waals surface area (Å²) in [5.41, 5.74) is 9.10. The number of nitrogens with two attached hydrogens (primary N) is 1. The average Bonchev–Trinajstić information content (AvgIpc) is 3.03. The molecule has 0 aliphatic rings. The second-order valence-corrected chi connectivity index (χ2v) is 5.52. The molecule has 0 unspecified atom stereocenters. The van der Waals surface area contributed by atoms with Gasteiger partial charge in [-0.05, 0) is 29.8 Å². The lowest BCUT2D eigenvalue weighted by atomic mass is 10.2. The minimum atomic E-state index is 0.357. The predicted molar refractivity (Wildman–Crippen MR) is 95.1 cm³/mol. The van der Waals surface area contributed by atoms with Gasteiger partial charge in [-0.3, -0.25) is 4.98 Å². The van der Waals surface area contributed by atoms with Crippen LogP contribution in [0.3, 0.4) is 0 Å². The Bertz CT molecular complexity index is 1010. The Hall–Kier alpha value is -3.48. The summed E-state index contributed by atoms with van der Waals surface area (Å²) in [7, 11) is 1.65. The van der Waals surface area contributed by atoms with E-state index >= 15 is 0 Å². The minimum absolute atomic E-state index is 0.357. The predicted octanol–water partition coefficient (Wildman–Crippen LogP) is 2.53. The number of ether oxygens (including phenoxy) is 1. The SMILES string of the molecule is COc1ccc(Cn2c(-c3ccccn3)nc3c(N)ncnc32)cc1. The number of anilines is 1. The normalized spacial score (nSPS) is 10.9. The molecule has 4 rings (SSSR count). The number of imidazole rings is 1. The highest BCUT2D eigenvalue weighted by molar-refractivity contribution is 5.84. The highest BCUT2D eigenvalue weighted by Crippen LogP contribution is 2.25. The van der Waals surface area contributed by atoms with Gasteiger partial charge in [-0.1, -0.05) is 18.2 Å². The van der Waals surface area contributed by atoms with Crippen molar-refractivity contribution < 1.29 is 4.74 Å². The summed E-state index contributed by atoms with van der Waals surface area (Å²) in [6.07, 6.45) is 3.19. The van der Waals surface area contributed by atoms with E-state index in [1.165, 1.54) is 6.33 Å². The monoisotopic (exact) mass is 332 g/mol. The molecule has 0 radical (unpaired) electrons. The van der Waals surface area contributed by atoms with E-state index in [9.17, 15) is 0 Å². The molecule has 2 N–H and O–H groups in total. The molecule has 0 saturated carbocycles. The second-order valence-electron chi connectivity index (χ2n) is 5.52. The summed E-state index contributed by atoms with van der Waals surface area (Å²) < 4.78 is 7.21. The van der Waals surface area contributed by atoms with E-state index in [0.29, 0.717) is 29.4 Å². The molecule has 0 spiro atoms. The Balaban J connectivity index is 1.86. The molecule has 7 heteroatoms. The zero-order valence-electron chi connectivity index (χ0n) is 13.6. The van der Waals surface area contributed by atoms with Gasteiger partial charge in [0.25, 0.3) is 0 Å². The third-order valence-corrected chi connectivity index (χ3v) is 3.95. The topological polar surface area (TPSA) is 91.7 Å². The molecule has 0 aliphatic carbocycles. The van der Waals surface area contributed by atoms with Crippen molar-refractivity contribution in [2.24, 2.45) is 0 Å². The number of pyridine rings is 1. The van der Waals surface area contributed by atoms with Crippen LogP contribution in [0.15, 0.2) is 55.0 Å². The first-order chi connectivity index (χ1) is 12.3. The minimum Gasteiger partial charge on any atom is -0.497 e. The Morgan fingerprint density at radius 1 is 1.04 bits per heavy atom. The van der Waals surface area contributed by atoms with E-state index in [4.69, 9.17) is 10.5 Å². The first kappa shape index (κ1) is 15.1. The number of nitrogens with zero attached hydrogens (tertiary/aromatic N) is 5. The number of rotatable bonds is 4. The molecule has 0 saturated heterocycles. The largest absolute Gasteiger partial charge is 0.497 e. The first-order valence-corrected chi connectivity index (χ1v) is 7.77. The number of hydrogen-bond acceptors (Lipinski definition) is 6. The molecule has 0 bridgehead atoms. The van der Waals surface area contributed by atoms with Crippen LogP contribution in [0.1, 0.15) is 5.56 Å². The van der Waals surface area contributed by atoms with Crippen LogP contribution in [-0.4, -0.2) is 31.6 Å². The Morgan fingerprint density at radius 2 is 1.88 bits per heavy atom. The third-order valence-electron chi connectivity index (χ3n) is 3.95. The molecular formula is C18H16N6O. The summed E-state index contributed by atoms with van der Waals surface area (Å²) in [4.78, 5) is 17.5. The molecule has 7 nitrogen and oxygen atoms in total. The van der Waals surface area contributed by atoms with Crippen molar-refractivity contribution in [3.05, 3.63) is 60.6 Å². The van der Waals surface area contributed by atoms with Gasteiger partial charge in [0.05, 0.1) is 13.7 Å². The number of methoxy groups -OCH3 is 1. The molecule has 124 valence electrons. The fourth-order valence-corrected chi connectivity index (χ4v) is 2.71. The van der Waals surface area contributed by atoms with Gasteiger partial charge in [0.15, 0.2) is 22.8 Å². The molecular weight excluding hydrogens is 316 g/mol. The van der Waals surface area contributed by atoms with Crippen LogP contribution < -0.4 is 10.5 Å². The standard InChI is InChI=1S/C18H16N6O/c1-25-13-7-5-12(6-8-13)10-24-17(14-4-2-3-9-20-14)23-15-16(19)21-11-22-18(15)24/h2-9,11H,10H2,1H3,(H2,19,21,22). The van der Waals surface area contributed by atoms with Crippen LogP contribution in [-0.2, 0) is 6.54 Å². The molecule has 0 fully saturated rings. The fourth-order valence-electron chi connectivity index (χ4n) is 2.71. The van der Waals surface area contributed by atoms with Crippen LogP contribution in [0.4, 0.5) is 5.82 Å². The highest BCUT2D eigenvalue weighted by atomic mass is 16.5. The van der Waals surface area contributed by atoms with Crippen molar-refractivity contribution in [2.45, 2.75) is 6.54 Å². The van der Waals surface area contributed by atoms with Gasteiger partial charge < -0.3 is 15.0 Å².